The Balaban J connectivity index is 1.79. The number of rotatable bonds is 4. The topological polar surface area (TPSA) is 231 Å². The monoisotopic (exact) mass is 480 g/mol. The van der Waals surface area contributed by atoms with Crippen LogP contribution in [-0.4, -0.2) is 83.3 Å². The molecule has 1 aliphatic heterocycles. The number of phenolic OH excluding ortho intramolecular Hbond substituents is 5. The lowest BCUT2D eigenvalue weighted by molar-refractivity contribution is -0.277. The van der Waals surface area contributed by atoms with E-state index in [0.29, 0.717) is 0 Å². The van der Waals surface area contributed by atoms with Crippen molar-refractivity contribution in [2.45, 2.75) is 30.7 Å². The van der Waals surface area contributed by atoms with Crippen molar-refractivity contribution < 1.29 is 59.8 Å². The van der Waals surface area contributed by atoms with Crippen LogP contribution in [0.4, 0.5) is 0 Å². The van der Waals surface area contributed by atoms with Crippen LogP contribution in [0.25, 0.3) is 22.3 Å². The molecule has 1 fully saturated rings. The highest BCUT2D eigenvalue weighted by molar-refractivity contribution is 5.89. The summed E-state index contributed by atoms with van der Waals surface area (Å²) in [6, 6.07) is 3.89. The minimum Gasteiger partial charge on any atom is -0.504 e. The van der Waals surface area contributed by atoms with Gasteiger partial charge in [-0.25, -0.2) is 0 Å². The van der Waals surface area contributed by atoms with Crippen molar-refractivity contribution in [3.8, 4) is 45.8 Å². The maximum atomic E-state index is 12.6. The van der Waals surface area contributed by atoms with Gasteiger partial charge in [-0.3, -0.25) is 4.79 Å². The maximum absolute atomic E-state index is 12.6. The fraction of sp³-hybridized carbons (Fsp3) is 0.286. The van der Waals surface area contributed by atoms with Gasteiger partial charge in [-0.2, -0.15) is 0 Å². The summed E-state index contributed by atoms with van der Waals surface area (Å²) in [6.45, 7) is -0.732. The number of aliphatic hydroxyl groups excluding tert-OH is 4. The molecular formula is C21H20O13. The number of hydrogen-bond acceptors (Lipinski definition) is 13. The lowest BCUT2D eigenvalue weighted by Crippen LogP contribution is -2.60. The molecular weight excluding hydrogens is 460 g/mol. The quantitative estimate of drug-likeness (QED) is 0.208. The third kappa shape index (κ3) is 3.81. The predicted molar refractivity (Wildman–Crippen MR) is 111 cm³/mol. The van der Waals surface area contributed by atoms with Gasteiger partial charge >= 0.3 is 0 Å². The highest BCUT2D eigenvalue weighted by atomic mass is 16.7. The van der Waals surface area contributed by atoms with Crippen LogP contribution >= 0.6 is 0 Å². The van der Waals surface area contributed by atoms with Gasteiger partial charge in [0.1, 0.15) is 41.1 Å². The van der Waals surface area contributed by atoms with Crippen LogP contribution in [0.1, 0.15) is 0 Å². The molecule has 0 unspecified atom stereocenters. The smallest absolute Gasteiger partial charge is 0.229 e. The molecule has 1 saturated heterocycles. The van der Waals surface area contributed by atoms with Crippen LogP contribution in [0, 0.1) is 0 Å². The van der Waals surface area contributed by atoms with Crippen molar-refractivity contribution in [3.05, 3.63) is 34.5 Å². The minimum absolute atomic E-state index is 0.0178. The molecule has 13 nitrogen and oxygen atoms in total. The molecule has 5 atom stereocenters. The number of aliphatic hydroxyl groups is 4. The van der Waals surface area contributed by atoms with E-state index in [9.17, 15) is 50.8 Å². The van der Waals surface area contributed by atoms with Crippen molar-refractivity contribution in [1.82, 2.24) is 0 Å². The van der Waals surface area contributed by atoms with Gasteiger partial charge in [-0.15, -0.1) is 0 Å². The van der Waals surface area contributed by atoms with Gasteiger partial charge in [-0.05, 0) is 12.1 Å². The molecule has 0 spiro atoms. The zero-order chi connectivity index (χ0) is 24.9. The first-order valence-corrected chi connectivity index (χ1v) is 9.78. The first-order valence-electron chi connectivity index (χ1n) is 9.78. The highest BCUT2D eigenvalue weighted by Gasteiger charge is 2.45. The first-order chi connectivity index (χ1) is 16.0. The van der Waals surface area contributed by atoms with Crippen LogP contribution in [0.2, 0.25) is 0 Å². The van der Waals surface area contributed by atoms with Crippen LogP contribution in [0.15, 0.2) is 33.5 Å². The Morgan fingerprint density at radius 2 is 1.47 bits per heavy atom. The summed E-state index contributed by atoms with van der Waals surface area (Å²) in [4.78, 5) is 12.6. The molecule has 4 rings (SSSR count). The molecule has 2 heterocycles. The second kappa shape index (κ2) is 8.55. The van der Waals surface area contributed by atoms with Crippen molar-refractivity contribution in [2.24, 2.45) is 0 Å². The molecule has 0 radical (unpaired) electrons. The van der Waals surface area contributed by atoms with Gasteiger partial charge in [0.2, 0.25) is 12.0 Å². The Morgan fingerprint density at radius 1 is 0.824 bits per heavy atom. The van der Waals surface area contributed by atoms with Crippen LogP contribution in [-0.2, 0) is 4.74 Å². The van der Waals surface area contributed by atoms with E-state index >= 15 is 0 Å². The third-order valence-corrected chi connectivity index (χ3v) is 5.38. The van der Waals surface area contributed by atoms with E-state index in [2.05, 4.69) is 0 Å². The first kappa shape index (κ1) is 23.4. The van der Waals surface area contributed by atoms with Gasteiger partial charge in [0.25, 0.3) is 0 Å². The molecule has 0 saturated carbocycles. The summed E-state index contributed by atoms with van der Waals surface area (Å²) >= 11 is 0. The zero-order valence-corrected chi connectivity index (χ0v) is 17.1. The lowest BCUT2D eigenvalue weighted by Gasteiger charge is -2.39. The van der Waals surface area contributed by atoms with E-state index in [1.54, 1.807) is 0 Å². The van der Waals surface area contributed by atoms with E-state index in [4.69, 9.17) is 13.9 Å². The number of ether oxygens (including phenoxy) is 2. The molecule has 182 valence electrons. The number of phenols is 5. The second-order valence-corrected chi connectivity index (χ2v) is 7.60. The fourth-order valence-corrected chi connectivity index (χ4v) is 3.54. The summed E-state index contributed by atoms with van der Waals surface area (Å²) in [6.07, 6.45) is -8.27. The molecule has 0 aliphatic carbocycles. The number of benzene rings is 2. The molecule has 2 aromatic carbocycles. The van der Waals surface area contributed by atoms with Gasteiger partial charge < -0.3 is 59.8 Å². The fourth-order valence-electron chi connectivity index (χ4n) is 3.54. The molecule has 1 aliphatic rings. The summed E-state index contributed by atoms with van der Waals surface area (Å²) in [5, 5.41) is 88.4. The Hall–Kier alpha value is -3.75. The lowest BCUT2D eigenvalue weighted by atomic mass is 9.99. The van der Waals surface area contributed by atoms with Gasteiger partial charge in [-0.1, -0.05) is 0 Å². The zero-order valence-electron chi connectivity index (χ0n) is 17.1. The minimum atomic E-state index is -1.82. The molecule has 34 heavy (non-hydrogen) atoms. The van der Waals surface area contributed by atoms with Crippen molar-refractivity contribution in [1.29, 1.82) is 0 Å². The van der Waals surface area contributed by atoms with E-state index in [-0.39, 0.29) is 16.9 Å². The molecule has 0 amide bonds. The van der Waals surface area contributed by atoms with E-state index in [1.807, 2.05) is 0 Å². The molecule has 0 bridgehead atoms. The number of fused-ring (bicyclic) bond motifs is 1. The maximum Gasteiger partial charge on any atom is 0.229 e. The SMILES string of the molecule is O=c1cc(-c2cc(O)c(O)c(O)c2)oc2cc(O[C@@H]3O[C@H](CO)[C@@H](O)[C@H](O)[C@H]3O)c(O)c(O)c12. The highest BCUT2D eigenvalue weighted by Crippen LogP contribution is 2.44. The third-order valence-electron chi connectivity index (χ3n) is 5.38. The average molecular weight is 480 g/mol. The molecule has 1 aromatic heterocycles. The Morgan fingerprint density at radius 3 is 2.09 bits per heavy atom. The average Bonchev–Trinajstić information content (AvgIpc) is 2.80. The van der Waals surface area contributed by atoms with Gasteiger partial charge in [0.05, 0.1) is 6.61 Å². The van der Waals surface area contributed by atoms with Crippen molar-refractivity contribution in [3.63, 3.8) is 0 Å². The Kier molecular flexibility index (Phi) is 5.89. The number of aromatic hydroxyl groups is 5. The molecule has 13 heteroatoms. The van der Waals surface area contributed by atoms with Gasteiger partial charge in [0, 0.05) is 17.7 Å². The van der Waals surface area contributed by atoms with Crippen LogP contribution in [0.3, 0.4) is 0 Å². The van der Waals surface area contributed by atoms with E-state index < -0.39 is 82.6 Å². The normalized spacial score (nSPS) is 24.9. The predicted octanol–water partition coefficient (Wildman–Crippen LogP) is -0.833. The summed E-state index contributed by atoms with van der Waals surface area (Å²) in [5.41, 5.74) is -1.17. The van der Waals surface area contributed by atoms with Crippen LogP contribution in [0.5, 0.6) is 34.5 Å². The van der Waals surface area contributed by atoms with E-state index in [0.717, 1.165) is 24.3 Å². The van der Waals surface area contributed by atoms with Gasteiger partial charge in [0.15, 0.2) is 34.2 Å². The molecule has 9 N–H and O–H groups in total. The van der Waals surface area contributed by atoms with Crippen LogP contribution < -0.4 is 10.2 Å². The standard InChI is InChI=1S/C21H20O13/c22-5-13-17(28)19(30)20(31)21(34-13)33-12-4-11-14(18(29)16(12)27)7(23)3-10(32-11)6-1-8(24)15(26)9(25)2-6/h1-4,13,17,19-22,24-31H,5H2/t13-,17-,19+,20-,21-/m1/s1. The summed E-state index contributed by atoms with van der Waals surface area (Å²) in [5.74, 6) is -4.79. The summed E-state index contributed by atoms with van der Waals surface area (Å²) < 4.78 is 16.1. The number of hydrogen-bond donors (Lipinski definition) is 9. The van der Waals surface area contributed by atoms with E-state index in [1.165, 1.54) is 0 Å². The second-order valence-electron chi connectivity index (χ2n) is 7.60. The summed E-state index contributed by atoms with van der Waals surface area (Å²) in [7, 11) is 0. The van der Waals surface area contributed by atoms with Crippen molar-refractivity contribution in [2.75, 3.05) is 6.61 Å². The molecule has 3 aromatic rings. The largest absolute Gasteiger partial charge is 0.504 e. The van der Waals surface area contributed by atoms with Crippen molar-refractivity contribution >= 4 is 11.0 Å². The Labute approximate surface area is 189 Å². The Bertz CT molecular complexity index is 1280.